The van der Waals surface area contributed by atoms with E-state index in [4.69, 9.17) is 4.74 Å². The molecule has 0 radical (unpaired) electrons. The highest BCUT2D eigenvalue weighted by Crippen LogP contribution is 2.44. The maximum Gasteiger partial charge on any atom is 0.358 e. The summed E-state index contributed by atoms with van der Waals surface area (Å²) in [5.74, 6) is -4.50. The van der Waals surface area contributed by atoms with Crippen molar-refractivity contribution < 1.29 is 40.2 Å². The summed E-state index contributed by atoms with van der Waals surface area (Å²) in [5, 5.41) is 0. The Morgan fingerprint density at radius 2 is 1.43 bits per heavy atom. The molecule has 0 N–H and O–H groups in total. The summed E-state index contributed by atoms with van der Waals surface area (Å²) in [5.41, 5.74) is 0.491. The summed E-state index contributed by atoms with van der Waals surface area (Å²) < 4.78 is 108. The van der Waals surface area contributed by atoms with Crippen molar-refractivity contribution in [1.82, 2.24) is 0 Å². The average molecular weight is 629 g/mol. The molecule has 2 aromatic carbocycles. The molecule has 2 aliphatic carbocycles. The molecule has 0 heterocycles. The zero-order chi connectivity index (χ0) is 31.7. The van der Waals surface area contributed by atoms with Crippen molar-refractivity contribution in [2.45, 2.75) is 121 Å². The van der Waals surface area contributed by atoms with E-state index in [2.05, 4.69) is 11.7 Å². The van der Waals surface area contributed by atoms with Crippen LogP contribution >= 0.6 is 0 Å². The monoisotopic (exact) mass is 628 g/mol. The van der Waals surface area contributed by atoms with E-state index in [0.717, 1.165) is 31.4 Å². The van der Waals surface area contributed by atoms with Crippen molar-refractivity contribution in [3.8, 4) is 16.9 Å². The molecular formula is C35H43F7O2. The van der Waals surface area contributed by atoms with E-state index < -0.39 is 47.4 Å². The van der Waals surface area contributed by atoms with Crippen LogP contribution in [0, 0.1) is 29.3 Å². The van der Waals surface area contributed by atoms with E-state index in [9.17, 15) is 17.6 Å². The summed E-state index contributed by atoms with van der Waals surface area (Å²) in [7, 11) is 0. The zero-order valence-electron chi connectivity index (χ0n) is 25.3. The molecule has 9 heteroatoms. The van der Waals surface area contributed by atoms with Gasteiger partial charge >= 0.3 is 12.2 Å². The minimum absolute atomic E-state index is 0.0592. The van der Waals surface area contributed by atoms with Crippen molar-refractivity contribution in [3.05, 3.63) is 65.7 Å². The van der Waals surface area contributed by atoms with Crippen LogP contribution in [-0.4, -0.2) is 12.2 Å². The summed E-state index contributed by atoms with van der Waals surface area (Å²) in [4.78, 5) is 0. The largest absolute Gasteiger partial charge is 0.453 e. The van der Waals surface area contributed by atoms with Gasteiger partial charge in [-0.3, -0.25) is 0 Å². The molecule has 0 unspecified atom stereocenters. The first kappa shape index (κ1) is 34.3. The second kappa shape index (κ2) is 16.1. The number of ether oxygens (including phenoxy) is 2. The second-order valence-electron chi connectivity index (χ2n) is 12.5. The Morgan fingerprint density at radius 3 is 2.05 bits per heavy atom. The van der Waals surface area contributed by atoms with E-state index >= 15 is 13.2 Å². The van der Waals surface area contributed by atoms with Gasteiger partial charge in [0.2, 0.25) is 0 Å². The maximum atomic E-state index is 15.1. The van der Waals surface area contributed by atoms with Crippen LogP contribution in [0.5, 0.6) is 5.75 Å². The predicted octanol–water partition coefficient (Wildman–Crippen LogP) is 12.1. The first-order chi connectivity index (χ1) is 21.1. The number of halogens is 7. The molecule has 0 spiro atoms. The first-order valence-corrected chi connectivity index (χ1v) is 16.1. The number of benzene rings is 2. The maximum absolute atomic E-state index is 15.1. The third-order valence-electron chi connectivity index (χ3n) is 9.33. The zero-order valence-corrected chi connectivity index (χ0v) is 25.3. The Bertz CT molecular complexity index is 1200. The lowest BCUT2D eigenvalue weighted by Crippen LogP contribution is -2.39. The van der Waals surface area contributed by atoms with Crippen molar-refractivity contribution in [2.24, 2.45) is 11.8 Å². The van der Waals surface area contributed by atoms with Crippen LogP contribution < -0.4 is 4.74 Å². The summed E-state index contributed by atoms with van der Waals surface area (Å²) in [6, 6.07) is 5.97. The Morgan fingerprint density at radius 1 is 0.795 bits per heavy atom. The predicted molar refractivity (Wildman–Crippen MR) is 157 cm³/mol. The van der Waals surface area contributed by atoms with Gasteiger partial charge in [-0.25, -0.2) is 13.2 Å². The summed E-state index contributed by atoms with van der Waals surface area (Å²) in [6.07, 6.45) is 7.17. The molecular weight excluding hydrogens is 585 g/mol. The molecule has 0 saturated heterocycles. The first-order valence-electron chi connectivity index (χ1n) is 16.1. The van der Waals surface area contributed by atoms with Gasteiger partial charge in [-0.2, -0.15) is 17.6 Å². The molecule has 0 bridgehead atoms. The van der Waals surface area contributed by atoms with E-state index in [1.165, 1.54) is 50.7 Å². The molecule has 2 aromatic rings. The fraction of sp³-hybridized carbons (Fsp3) is 0.600. The smallest absolute Gasteiger partial charge is 0.358 e. The van der Waals surface area contributed by atoms with Crippen molar-refractivity contribution >= 4 is 0 Å². The lowest BCUT2D eigenvalue weighted by atomic mass is 9.79. The van der Waals surface area contributed by atoms with E-state index in [0.29, 0.717) is 50.0 Å². The van der Waals surface area contributed by atoms with Gasteiger partial charge in [0.15, 0.2) is 23.6 Å². The number of hydrogen-bond acceptors (Lipinski definition) is 2. The van der Waals surface area contributed by atoms with Gasteiger partial charge in [-0.15, -0.1) is 0 Å². The van der Waals surface area contributed by atoms with Gasteiger partial charge in [-0.1, -0.05) is 64.0 Å². The second-order valence-corrected chi connectivity index (χ2v) is 12.5. The number of rotatable bonds is 14. The Balaban J connectivity index is 1.25. The fourth-order valence-electron chi connectivity index (χ4n) is 6.78. The fourth-order valence-corrected chi connectivity index (χ4v) is 6.78. The highest BCUT2D eigenvalue weighted by Gasteiger charge is 2.44. The summed E-state index contributed by atoms with van der Waals surface area (Å²) >= 11 is 0. The van der Waals surface area contributed by atoms with Crippen LogP contribution in [0.2, 0.25) is 0 Å². The minimum Gasteiger partial charge on any atom is -0.453 e. The summed E-state index contributed by atoms with van der Waals surface area (Å²) in [6.45, 7) is 2.20. The highest BCUT2D eigenvalue weighted by atomic mass is 19.3. The Hall–Kier alpha value is -2.55. The lowest BCUT2D eigenvalue weighted by molar-refractivity contribution is -0.301. The van der Waals surface area contributed by atoms with E-state index in [-0.39, 0.29) is 23.3 Å². The van der Waals surface area contributed by atoms with Crippen LogP contribution in [0.1, 0.15) is 115 Å². The average Bonchev–Trinajstić information content (AvgIpc) is 2.98. The minimum atomic E-state index is -3.15. The van der Waals surface area contributed by atoms with Crippen LogP contribution in [-0.2, 0) is 4.74 Å². The van der Waals surface area contributed by atoms with Gasteiger partial charge in [0.05, 0.1) is 12.0 Å². The van der Waals surface area contributed by atoms with Crippen LogP contribution in [0.3, 0.4) is 0 Å². The lowest BCUT2D eigenvalue weighted by Gasteiger charge is -2.37. The molecule has 0 amide bonds. The van der Waals surface area contributed by atoms with Gasteiger partial charge in [0, 0.05) is 5.56 Å². The van der Waals surface area contributed by atoms with Crippen molar-refractivity contribution in [2.75, 3.05) is 0 Å². The third-order valence-corrected chi connectivity index (χ3v) is 9.33. The van der Waals surface area contributed by atoms with Crippen LogP contribution in [0.15, 0.2) is 42.7 Å². The van der Waals surface area contributed by atoms with Gasteiger partial charge in [0.1, 0.15) is 5.82 Å². The normalized spacial score (nSPS) is 22.5. The number of unbranched alkanes of at least 4 members (excludes halogenated alkanes) is 5. The molecule has 0 aromatic heterocycles. The molecule has 2 saturated carbocycles. The highest BCUT2D eigenvalue weighted by molar-refractivity contribution is 5.66. The van der Waals surface area contributed by atoms with Gasteiger partial charge in [0.25, 0.3) is 0 Å². The SMILES string of the molecule is CCCCCCCCC1CCC(C(F)(F)OC2CCC(c3ccc(-c4cc(F)c(OC=C(F)F)c(F)c4)c(F)c3)CC2)CC1. The third kappa shape index (κ3) is 9.48. The molecule has 2 fully saturated rings. The Labute approximate surface area is 256 Å². The molecule has 244 valence electrons. The van der Waals surface area contributed by atoms with Gasteiger partial charge in [-0.05, 0) is 92.5 Å². The van der Waals surface area contributed by atoms with Crippen LogP contribution in [0.4, 0.5) is 30.7 Å². The standard InChI is InChI=1S/C35H43F7O2/c1-2-3-4-5-6-7-8-23-9-14-27(15-10-23)35(41,42)44-28-16-11-24(12-17-28)25-13-18-29(30(36)19-25)26-20-31(37)34(32(38)21-26)43-22-33(39)40/h13,18-24,27-28H,2-12,14-17H2,1H3. The molecule has 2 aliphatic rings. The topological polar surface area (TPSA) is 18.5 Å². The van der Waals surface area contributed by atoms with Crippen molar-refractivity contribution in [3.63, 3.8) is 0 Å². The molecule has 44 heavy (non-hydrogen) atoms. The van der Waals surface area contributed by atoms with E-state index in [1.807, 2.05) is 0 Å². The van der Waals surface area contributed by atoms with E-state index in [1.54, 1.807) is 6.07 Å². The van der Waals surface area contributed by atoms with Crippen molar-refractivity contribution in [1.29, 1.82) is 0 Å². The van der Waals surface area contributed by atoms with Gasteiger partial charge < -0.3 is 9.47 Å². The quantitative estimate of drug-likeness (QED) is 0.118. The molecule has 4 rings (SSSR count). The van der Waals surface area contributed by atoms with Crippen LogP contribution in [0.25, 0.3) is 11.1 Å². The number of hydrogen-bond donors (Lipinski definition) is 0. The Kier molecular flexibility index (Phi) is 12.6. The molecule has 0 aliphatic heterocycles. The molecule has 0 atom stereocenters. The molecule has 2 nitrogen and oxygen atoms in total. The number of alkyl halides is 2.